The Hall–Kier alpha value is -0.610. The average Bonchev–Trinajstić information content (AvgIpc) is 2.84. The largest absolute Gasteiger partial charge is 0.396 e. The number of nitrogens with zero attached hydrogens (tertiary/aromatic N) is 1. The fourth-order valence-corrected chi connectivity index (χ4v) is 4.15. The Bertz CT molecular complexity index is 387. The van der Waals surface area contributed by atoms with Gasteiger partial charge in [0.15, 0.2) is 0 Å². The maximum absolute atomic E-state index is 13.0. The maximum atomic E-state index is 13.0. The van der Waals surface area contributed by atoms with Gasteiger partial charge in [0.2, 0.25) is 5.91 Å². The van der Waals surface area contributed by atoms with Crippen LogP contribution in [0.4, 0.5) is 0 Å². The van der Waals surface area contributed by atoms with Gasteiger partial charge in [-0.1, -0.05) is 34.1 Å². The van der Waals surface area contributed by atoms with Crippen LogP contribution < -0.4 is 5.32 Å². The molecule has 1 saturated heterocycles. The first kappa shape index (κ1) is 18.7. The van der Waals surface area contributed by atoms with Crippen LogP contribution in [0.1, 0.15) is 66.2 Å². The van der Waals surface area contributed by atoms with E-state index < -0.39 is 0 Å². The second-order valence-corrected chi connectivity index (χ2v) is 8.73. The Balaban J connectivity index is 1.98. The van der Waals surface area contributed by atoms with Crippen LogP contribution in [0.25, 0.3) is 0 Å². The van der Waals surface area contributed by atoms with Gasteiger partial charge in [-0.25, -0.2) is 0 Å². The van der Waals surface area contributed by atoms with Gasteiger partial charge in [0, 0.05) is 25.7 Å². The molecule has 0 radical (unpaired) electrons. The standard InChI is InChI=1S/C19H36N2O2/c1-14(2)12-16(20-17-6-5-9-19(17,3)4)18(23)21-10-7-15(13-22)8-11-21/h14-17,20,22H,5-13H2,1-4H3. The summed E-state index contributed by atoms with van der Waals surface area (Å²) in [5.41, 5.74) is 0.291. The zero-order valence-corrected chi connectivity index (χ0v) is 15.5. The van der Waals surface area contributed by atoms with Crippen LogP contribution in [0.2, 0.25) is 0 Å². The van der Waals surface area contributed by atoms with E-state index >= 15 is 0 Å². The lowest BCUT2D eigenvalue weighted by Gasteiger charge is -2.37. The molecule has 1 heterocycles. The summed E-state index contributed by atoms with van der Waals surface area (Å²) in [6.07, 6.45) is 6.47. The predicted octanol–water partition coefficient (Wildman–Crippen LogP) is 2.80. The van der Waals surface area contributed by atoms with E-state index in [1.807, 2.05) is 4.90 Å². The fourth-order valence-electron chi connectivity index (χ4n) is 4.15. The summed E-state index contributed by atoms with van der Waals surface area (Å²) in [6, 6.07) is 0.397. The summed E-state index contributed by atoms with van der Waals surface area (Å²) in [4.78, 5) is 15.1. The number of hydrogen-bond donors (Lipinski definition) is 2. The highest BCUT2D eigenvalue weighted by Gasteiger charge is 2.38. The third kappa shape index (κ3) is 4.93. The van der Waals surface area contributed by atoms with Crippen molar-refractivity contribution in [2.24, 2.45) is 17.3 Å². The van der Waals surface area contributed by atoms with Crippen molar-refractivity contribution in [3.8, 4) is 0 Å². The average molecular weight is 325 g/mol. The van der Waals surface area contributed by atoms with Crippen LogP contribution in [0.3, 0.4) is 0 Å². The summed E-state index contributed by atoms with van der Waals surface area (Å²) in [5, 5.41) is 13.0. The topological polar surface area (TPSA) is 52.6 Å². The van der Waals surface area contributed by atoms with Crippen LogP contribution >= 0.6 is 0 Å². The first-order chi connectivity index (χ1) is 10.8. The fraction of sp³-hybridized carbons (Fsp3) is 0.947. The van der Waals surface area contributed by atoms with Crippen molar-refractivity contribution in [3.05, 3.63) is 0 Å². The molecule has 0 spiro atoms. The minimum absolute atomic E-state index is 0.0527. The molecule has 1 aliphatic heterocycles. The first-order valence-corrected chi connectivity index (χ1v) is 9.49. The number of carbonyl (C=O) groups excluding carboxylic acids is 1. The normalized spacial score (nSPS) is 26.7. The second-order valence-electron chi connectivity index (χ2n) is 8.73. The highest BCUT2D eigenvalue weighted by Crippen LogP contribution is 2.37. The Kier molecular flexibility index (Phi) is 6.49. The van der Waals surface area contributed by atoms with Gasteiger partial charge in [-0.05, 0) is 49.4 Å². The third-order valence-electron chi connectivity index (χ3n) is 5.85. The lowest BCUT2D eigenvalue weighted by atomic mass is 9.86. The summed E-state index contributed by atoms with van der Waals surface area (Å²) in [6.45, 7) is 10.9. The van der Waals surface area contributed by atoms with Gasteiger partial charge in [0.25, 0.3) is 0 Å². The second kappa shape index (κ2) is 7.98. The van der Waals surface area contributed by atoms with Crippen molar-refractivity contribution in [2.45, 2.75) is 78.3 Å². The molecule has 2 atom stereocenters. The highest BCUT2D eigenvalue weighted by molar-refractivity contribution is 5.82. The molecule has 2 fully saturated rings. The first-order valence-electron chi connectivity index (χ1n) is 9.49. The van der Waals surface area contributed by atoms with Crippen molar-refractivity contribution in [1.29, 1.82) is 0 Å². The number of likely N-dealkylation sites (tertiary alicyclic amines) is 1. The molecule has 1 aliphatic carbocycles. The zero-order chi connectivity index (χ0) is 17.0. The van der Waals surface area contributed by atoms with Crippen molar-refractivity contribution in [1.82, 2.24) is 10.2 Å². The molecule has 0 aromatic rings. The Morgan fingerprint density at radius 2 is 1.91 bits per heavy atom. The summed E-state index contributed by atoms with van der Waals surface area (Å²) in [5.74, 6) is 1.16. The molecule has 1 amide bonds. The molecule has 1 saturated carbocycles. The lowest BCUT2D eigenvalue weighted by Crippen LogP contribution is -2.54. The number of piperidine rings is 1. The minimum atomic E-state index is -0.0527. The van der Waals surface area contributed by atoms with Gasteiger partial charge in [0.1, 0.15) is 0 Å². The molecular weight excluding hydrogens is 288 g/mol. The number of hydrogen-bond acceptors (Lipinski definition) is 3. The van der Waals surface area contributed by atoms with Gasteiger partial charge in [-0.15, -0.1) is 0 Å². The van der Waals surface area contributed by atoms with E-state index in [1.54, 1.807) is 0 Å². The quantitative estimate of drug-likeness (QED) is 0.790. The predicted molar refractivity (Wildman–Crippen MR) is 94.2 cm³/mol. The summed E-state index contributed by atoms with van der Waals surface area (Å²) < 4.78 is 0. The number of nitrogens with one attached hydrogen (secondary N) is 1. The molecule has 2 unspecified atom stereocenters. The lowest BCUT2D eigenvalue weighted by molar-refractivity contribution is -0.136. The molecule has 4 nitrogen and oxygen atoms in total. The van der Waals surface area contributed by atoms with Gasteiger partial charge < -0.3 is 15.3 Å². The highest BCUT2D eigenvalue weighted by atomic mass is 16.3. The molecule has 4 heteroatoms. The molecule has 2 N–H and O–H groups in total. The van der Waals surface area contributed by atoms with Gasteiger partial charge in [-0.2, -0.15) is 0 Å². The van der Waals surface area contributed by atoms with E-state index in [-0.39, 0.29) is 18.6 Å². The van der Waals surface area contributed by atoms with Crippen LogP contribution in [-0.4, -0.2) is 47.7 Å². The van der Waals surface area contributed by atoms with E-state index in [9.17, 15) is 9.90 Å². The van der Waals surface area contributed by atoms with E-state index in [0.29, 0.717) is 23.3 Å². The Labute approximate surface area is 142 Å². The number of rotatable bonds is 6. The van der Waals surface area contributed by atoms with Gasteiger partial charge >= 0.3 is 0 Å². The van der Waals surface area contributed by atoms with E-state index in [0.717, 1.165) is 32.4 Å². The molecule has 0 aromatic carbocycles. The molecule has 0 bridgehead atoms. The number of carbonyl (C=O) groups is 1. The van der Waals surface area contributed by atoms with Crippen LogP contribution in [-0.2, 0) is 4.79 Å². The molecule has 2 aliphatic rings. The molecule has 0 aromatic heterocycles. The van der Waals surface area contributed by atoms with Crippen molar-refractivity contribution in [2.75, 3.05) is 19.7 Å². The van der Waals surface area contributed by atoms with Crippen molar-refractivity contribution < 1.29 is 9.90 Å². The van der Waals surface area contributed by atoms with Crippen molar-refractivity contribution in [3.63, 3.8) is 0 Å². The SMILES string of the molecule is CC(C)CC(NC1CCCC1(C)C)C(=O)N1CCC(CO)CC1. The van der Waals surface area contributed by atoms with Gasteiger partial charge in [-0.3, -0.25) is 4.79 Å². The van der Waals surface area contributed by atoms with E-state index in [4.69, 9.17) is 0 Å². The third-order valence-corrected chi connectivity index (χ3v) is 5.85. The molecular formula is C19H36N2O2. The van der Waals surface area contributed by atoms with E-state index in [2.05, 4.69) is 33.0 Å². The van der Waals surface area contributed by atoms with Crippen molar-refractivity contribution >= 4 is 5.91 Å². The van der Waals surface area contributed by atoms with Crippen LogP contribution in [0, 0.1) is 17.3 Å². The maximum Gasteiger partial charge on any atom is 0.239 e. The number of aliphatic hydroxyl groups is 1. The summed E-state index contributed by atoms with van der Waals surface area (Å²) >= 11 is 0. The number of aliphatic hydroxyl groups excluding tert-OH is 1. The molecule has 134 valence electrons. The number of amides is 1. The Morgan fingerprint density at radius 1 is 1.26 bits per heavy atom. The smallest absolute Gasteiger partial charge is 0.239 e. The Morgan fingerprint density at radius 3 is 2.39 bits per heavy atom. The molecule has 23 heavy (non-hydrogen) atoms. The molecule has 2 rings (SSSR count). The van der Waals surface area contributed by atoms with Gasteiger partial charge in [0.05, 0.1) is 6.04 Å². The zero-order valence-electron chi connectivity index (χ0n) is 15.5. The van der Waals surface area contributed by atoms with Crippen LogP contribution in [0.5, 0.6) is 0 Å². The van der Waals surface area contributed by atoms with Crippen LogP contribution in [0.15, 0.2) is 0 Å². The summed E-state index contributed by atoms with van der Waals surface area (Å²) in [7, 11) is 0. The minimum Gasteiger partial charge on any atom is -0.396 e. The van der Waals surface area contributed by atoms with E-state index in [1.165, 1.54) is 19.3 Å². The monoisotopic (exact) mass is 324 g/mol.